The van der Waals surface area contributed by atoms with Gasteiger partial charge in [-0.3, -0.25) is 9.69 Å². The maximum absolute atomic E-state index is 10.9. The van der Waals surface area contributed by atoms with Crippen LogP contribution in [0.3, 0.4) is 0 Å². The van der Waals surface area contributed by atoms with Crippen LogP contribution in [0, 0.1) is 5.92 Å². The minimum atomic E-state index is -0.760. The number of carbonyl (C=O) groups is 1. The summed E-state index contributed by atoms with van der Waals surface area (Å²) in [6.45, 7) is 1.65. The van der Waals surface area contributed by atoms with Crippen molar-refractivity contribution in [3.05, 3.63) is 0 Å². The van der Waals surface area contributed by atoms with Crippen molar-refractivity contribution in [2.75, 3.05) is 19.7 Å². The van der Waals surface area contributed by atoms with E-state index in [-0.39, 0.29) is 18.6 Å². The van der Waals surface area contributed by atoms with E-state index in [2.05, 4.69) is 4.90 Å². The SMILES string of the molecule is O=C(O)C1CCC(O)(CN2CCCC2CO)CC1. The first kappa shape index (κ1) is 13.8. The number of aliphatic hydroxyl groups excluding tert-OH is 1. The molecule has 2 rings (SSSR count). The highest BCUT2D eigenvalue weighted by atomic mass is 16.4. The maximum Gasteiger partial charge on any atom is 0.306 e. The highest BCUT2D eigenvalue weighted by molar-refractivity contribution is 5.70. The molecule has 18 heavy (non-hydrogen) atoms. The Labute approximate surface area is 107 Å². The van der Waals surface area contributed by atoms with Crippen LogP contribution in [0.2, 0.25) is 0 Å². The third-order valence-electron chi connectivity index (χ3n) is 4.47. The Morgan fingerprint density at radius 1 is 1.28 bits per heavy atom. The molecule has 5 heteroatoms. The fourth-order valence-electron chi connectivity index (χ4n) is 3.25. The minimum absolute atomic E-state index is 0.147. The second kappa shape index (κ2) is 5.55. The lowest BCUT2D eigenvalue weighted by atomic mass is 9.78. The largest absolute Gasteiger partial charge is 0.481 e. The summed E-state index contributed by atoms with van der Waals surface area (Å²) in [7, 11) is 0. The van der Waals surface area contributed by atoms with Crippen LogP contribution in [-0.2, 0) is 4.79 Å². The molecule has 5 nitrogen and oxygen atoms in total. The van der Waals surface area contributed by atoms with E-state index in [4.69, 9.17) is 5.11 Å². The predicted molar refractivity (Wildman–Crippen MR) is 66.2 cm³/mol. The summed E-state index contributed by atoms with van der Waals surface area (Å²) >= 11 is 0. The molecule has 0 aromatic carbocycles. The van der Waals surface area contributed by atoms with Crippen molar-refractivity contribution in [3.63, 3.8) is 0 Å². The zero-order valence-corrected chi connectivity index (χ0v) is 10.7. The normalized spacial score (nSPS) is 37.9. The summed E-state index contributed by atoms with van der Waals surface area (Å²) in [4.78, 5) is 13.0. The van der Waals surface area contributed by atoms with Crippen LogP contribution in [0.5, 0.6) is 0 Å². The molecule has 0 spiro atoms. The number of β-amino-alcohol motifs (C(OH)–C–C–N with tert-alkyl or cyclic N) is 1. The quantitative estimate of drug-likeness (QED) is 0.681. The molecular weight excluding hydrogens is 234 g/mol. The lowest BCUT2D eigenvalue weighted by Crippen LogP contribution is -2.48. The summed E-state index contributed by atoms with van der Waals surface area (Å²) in [6.07, 6.45) is 4.29. The molecule has 1 unspecified atom stereocenters. The third kappa shape index (κ3) is 3.02. The van der Waals surface area contributed by atoms with Gasteiger partial charge in [-0.1, -0.05) is 0 Å². The van der Waals surface area contributed by atoms with E-state index in [0.29, 0.717) is 32.2 Å². The first-order valence-electron chi connectivity index (χ1n) is 6.84. The number of carboxylic acid groups (broad SMARTS) is 1. The highest BCUT2D eigenvalue weighted by Gasteiger charge is 2.39. The van der Waals surface area contributed by atoms with E-state index in [1.54, 1.807) is 0 Å². The molecule has 3 N–H and O–H groups in total. The molecule has 1 saturated carbocycles. The van der Waals surface area contributed by atoms with Crippen LogP contribution >= 0.6 is 0 Å². The van der Waals surface area contributed by atoms with Crippen molar-refractivity contribution in [1.29, 1.82) is 0 Å². The second-order valence-electron chi connectivity index (χ2n) is 5.79. The van der Waals surface area contributed by atoms with E-state index in [1.165, 1.54) is 0 Å². The first-order valence-corrected chi connectivity index (χ1v) is 6.84. The molecular formula is C13H23NO4. The van der Waals surface area contributed by atoms with Gasteiger partial charge >= 0.3 is 5.97 Å². The number of hydrogen-bond acceptors (Lipinski definition) is 4. The van der Waals surface area contributed by atoms with Crippen LogP contribution < -0.4 is 0 Å². The van der Waals surface area contributed by atoms with Gasteiger partial charge in [0.1, 0.15) is 0 Å². The van der Waals surface area contributed by atoms with Gasteiger partial charge in [0.05, 0.1) is 18.1 Å². The molecule has 0 aromatic heterocycles. The average Bonchev–Trinajstić information content (AvgIpc) is 2.76. The number of aliphatic hydroxyl groups is 2. The number of likely N-dealkylation sites (tertiary alicyclic amines) is 1. The van der Waals surface area contributed by atoms with Gasteiger partial charge in [-0.25, -0.2) is 0 Å². The Morgan fingerprint density at radius 2 is 1.94 bits per heavy atom. The first-order chi connectivity index (χ1) is 8.54. The van der Waals surface area contributed by atoms with Gasteiger partial charge in [-0.15, -0.1) is 0 Å². The Kier molecular flexibility index (Phi) is 4.25. The zero-order chi connectivity index (χ0) is 13.2. The minimum Gasteiger partial charge on any atom is -0.481 e. The predicted octanol–water partition coefficient (Wildman–Crippen LogP) is 0.449. The molecule has 2 fully saturated rings. The number of aliphatic carboxylic acids is 1. The summed E-state index contributed by atoms with van der Waals surface area (Å²) in [5.41, 5.74) is -0.760. The summed E-state index contributed by atoms with van der Waals surface area (Å²) in [5.74, 6) is -1.04. The van der Waals surface area contributed by atoms with Crippen molar-refractivity contribution in [3.8, 4) is 0 Å². The monoisotopic (exact) mass is 257 g/mol. The highest BCUT2D eigenvalue weighted by Crippen LogP contribution is 2.34. The fourth-order valence-corrected chi connectivity index (χ4v) is 3.25. The maximum atomic E-state index is 10.9. The number of rotatable bonds is 4. The van der Waals surface area contributed by atoms with Crippen LogP contribution in [-0.4, -0.2) is 57.5 Å². The van der Waals surface area contributed by atoms with Gasteiger partial charge in [0, 0.05) is 12.6 Å². The van der Waals surface area contributed by atoms with E-state index in [0.717, 1.165) is 19.4 Å². The molecule has 0 bridgehead atoms. The lowest BCUT2D eigenvalue weighted by molar-refractivity contribution is -0.145. The van der Waals surface area contributed by atoms with Crippen molar-refractivity contribution in [1.82, 2.24) is 4.90 Å². The van der Waals surface area contributed by atoms with Gasteiger partial charge < -0.3 is 15.3 Å². The molecule has 1 aliphatic carbocycles. The molecule has 1 atom stereocenters. The standard InChI is InChI=1S/C13H23NO4/c15-8-11-2-1-7-14(11)9-13(18)5-3-10(4-6-13)12(16)17/h10-11,15,18H,1-9H2,(H,16,17). The van der Waals surface area contributed by atoms with Crippen molar-refractivity contribution in [2.45, 2.75) is 50.2 Å². The molecule has 2 aliphatic rings. The Bertz CT molecular complexity index is 299. The van der Waals surface area contributed by atoms with Gasteiger partial charge in [0.15, 0.2) is 0 Å². The summed E-state index contributed by atoms with van der Waals surface area (Å²) < 4.78 is 0. The van der Waals surface area contributed by atoms with Crippen molar-refractivity contribution < 1.29 is 20.1 Å². The van der Waals surface area contributed by atoms with Crippen LogP contribution in [0.4, 0.5) is 0 Å². The average molecular weight is 257 g/mol. The Balaban J connectivity index is 1.87. The third-order valence-corrected chi connectivity index (χ3v) is 4.47. The van der Waals surface area contributed by atoms with E-state index in [9.17, 15) is 15.0 Å². The van der Waals surface area contributed by atoms with Crippen LogP contribution in [0.1, 0.15) is 38.5 Å². The molecule has 104 valence electrons. The number of hydrogen-bond donors (Lipinski definition) is 3. The van der Waals surface area contributed by atoms with Gasteiger partial charge in [0.25, 0.3) is 0 Å². The van der Waals surface area contributed by atoms with Crippen molar-refractivity contribution in [2.24, 2.45) is 5.92 Å². The van der Waals surface area contributed by atoms with Crippen LogP contribution in [0.15, 0.2) is 0 Å². The van der Waals surface area contributed by atoms with E-state index < -0.39 is 11.6 Å². The molecule has 0 aromatic rings. The zero-order valence-electron chi connectivity index (χ0n) is 10.7. The molecule has 1 aliphatic heterocycles. The van der Waals surface area contributed by atoms with Crippen LogP contribution in [0.25, 0.3) is 0 Å². The second-order valence-corrected chi connectivity index (χ2v) is 5.79. The summed E-state index contributed by atoms with van der Waals surface area (Å²) in [6, 6.07) is 0.172. The smallest absolute Gasteiger partial charge is 0.306 e. The Morgan fingerprint density at radius 3 is 2.50 bits per heavy atom. The van der Waals surface area contributed by atoms with Crippen molar-refractivity contribution >= 4 is 5.97 Å². The lowest BCUT2D eigenvalue weighted by Gasteiger charge is -2.39. The molecule has 0 amide bonds. The fraction of sp³-hybridized carbons (Fsp3) is 0.923. The Hall–Kier alpha value is -0.650. The molecule has 1 heterocycles. The number of carboxylic acids is 1. The van der Waals surface area contributed by atoms with E-state index in [1.807, 2.05) is 0 Å². The van der Waals surface area contributed by atoms with E-state index >= 15 is 0 Å². The summed E-state index contributed by atoms with van der Waals surface area (Å²) in [5, 5.41) is 28.7. The van der Waals surface area contributed by atoms with Gasteiger partial charge in [0.2, 0.25) is 0 Å². The molecule has 0 radical (unpaired) electrons. The molecule has 1 saturated heterocycles. The number of nitrogens with zero attached hydrogens (tertiary/aromatic N) is 1. The van der Waals surface area contributed by atoms with Gasteiger partial charge in [-0.05, 0) is 45.1 Å². The topological polar surface area (TPSA) is 81.0 Å². The van der Waals surface area contributed by atoms with Gasteiger partial charge in [-0.2, -0.15) is 0 Å².